The summed E-state index contributed by atoms with van der Waals surface area (Å²) in [4.78, 5) is 8.22. The van der Waals surface area contributed by atoms with E-state index in [1.54, 1.807) is 6.07 Å². The summed E-state index contributed by atoms with van der Waals surface area (Å²) in [5, 5.41) is 3.71. The molecule has 0 unspecified atom stereocenters. The molecule has 1 N–H and O–H groups in total. The molecule has 0 aliphatic rings. The molecule has 0 bridgehead atoms. The topological polar surface area (TPSA) is 37.8 Å². The summed E-state index contributed by atoms with van der Waals surface area (Å²) >= 11 is 5.80. The fourth-order valence-corrected chi connectivity index (χ4v) is 1.34. The van der Waals surface area contributed by atoms with E-state index in [0.29, 0.717) is 16.9 Å². The Bertz CT molecular complexity index is 279. The van der Waals surface area contributed by atoms with Gasteiger partial charge in [-0.25, -0.2) is 9.97 Å². The molecular formula is C10H16ClN3. The highest BCUT2D eigenvalue weighted by atomic mass is 35.5. The van der Waals surface area contributed by atoms with Gasteiger partial charge in [-0.15, -0.1) is 0 Å². The quantitative estimate of drug-likeness (QED) is 0.782. The van der Waals surface area contributed by atoms with Gasteiger partial charge in [-0.1, -0.05) is 25.4 Å². The third-order valence-electron chi connectivity index (χ3n) is 1.83. The van der Waals surface area contributed by atoms with E-state index in [1.165, 1.54) is 0 Å². The lowest BCUT2D eigenvalue weighted by Gasteiger charge is -2.07. The van der Waals surface area contributed by atoms with Gasteiger partial charge < -0.3 is 5.32 Å². The molecule has 14 heavy (non-hydrogen) atoms. The molecule has 0 saturated heterocycles. The average molecular weight is 214 g/mol. The monoisotopic (exact) mass is 213 g/mol. The summed E-state index contributed by atoms with van der Waals surface area (Å²) in [7, 11) is 0. The van der Waals surface area contributed by atoms with E-state index in [0.717, 1.165) is 18.8 Å². The number of nitrogens with zero attached hydrogens (tertiary/aromatic N) is 2. The van der Waals surface area contributed by atoms with Gasteiger partial charge in [-0.3, -0.25) is 0 Å². The number of rotatable bonds is 4. The van der Waals surface area contributed by atoms with Crippen LogP contribution in [0.4, 0.5) is 5.82 Å². The minimum Gasteiger partial charge on any atom is -0.370 e. The molecule has 1 aromatic heterocycles. The van der Waals surface area contributed by atoms with Crippen molar-refractivity contribution in [1.82, 2.24) is 9.97 Å². The molecule has 0 atom stereocenters. The number of aryl methyl sites for hydroxylation is 1. The molecule has 0 spiro atoms. The van der Waals surface area contributed by atoms with E-state index in [2.05, 4.69) is 29.1 Å². The Balaban J connectivity index is 2.50. The van der Waals surface area contributed by atoms with Crippen LogP contribution in [0.25, 0.3) is 0 Å². The SMILES string of the molecule is Cc1nc(Cl)cc(NCCC(C)C)n1. The van der Waals surface area contributed by atoms with E-state index in [9.17, 15) is 0 Å². The van der Waals surface area contributed by atoms with Gasteiger partial charge in [0.05, 0.1) is 0 Å². The van der Waals surface area contributed by atoms with Gasteiger partial charge in [0.15, 0.2) is 0 Å². The normalized spacial score (nSPS) is 10.6. The predicted molar refractivity (Wildman–Crippen MR) is 59.7 cm³/mol. The van der Waals surface area contributed by atoms with Crippen LogP contribution in [0, 0.1) is 12.8 Å². The zero-order valence-corrected chi connectivity index (χ0v) is 9.60. The van der Waals surface area contributed by atoms with Gasteiger partial charge in [0.2, 0.25) is 0 Å². The van der Waals surface area contributed by atoms with Crippen molar-refractivity contribution >= 4 is 17.4 Å². The first-order chi connectivity index (χ1) is 6.58. The zero-order chi connectivity index (χ0) is 10.6. The Morgan fingerprint density at radius 3 is 2.71 bits per heavy atom. The van der Waals surface area contributed by atoms with Crippen LogP contribution in [0.15, 0.2) is 6.07 Å². The Morgan fingerprint density at radius 2 is 2.14 bits per heavy atom. The van der Waals surface area contributed by atoms with Gasteiger partial charge in [0.25, 0.3) is 0 Å². The molecule has 0 radical (unpaired) electrons. The molecule has 0 saturated carbocycles. The number of nitrogens with one attached hydrogen (secondary N) is 1. The van der Waals surface area contributed by atoms with Crippen molar-refractivity contribution in [2.75, 3.05) is 11.9 Å². The van der Waals surface area contributed by atoms with Crippen LogP contribution in [0.5, 0.6) is 0 Å². The van der Waals surface area contributed by atoms with Crippen molar-refractivity contribution in [3.8, 4) is 0 Å². The van der Waals surface area contributed by atoms with Crippen LogP contribution in [-0.2, 0) is 0 Å². The Kier molecular flexibility index (Phi) is 4.14. The lowest BCUT2D eigenvalue weighted by Crippen LogP contribution is -2.07. The highest BCUT2D eigenvalue weighted by molar-refractivity contribution is 6.29. The number of hydrogen-bond donors (Lipinski definition) is 1. The Morgan fingerprint density at radius 1 is 1.43 bits per heavy atom. The second-order valence-corrected chi connectivity index (χ2v) is 4.12. The van der Waals surface area contributed by atoms with Crippen LogP contribution >= 0.6 is 11.6 Å². The Labute approximate surface area is 89.9 Å². The van der Waals surface area contributed by atoms with Crippen LogP contribution in [0.3, 0.4) is 0 Å². The molecule has 4 heteroatoms. The highest BCUT2D eigenvalue weighted by Gasteiger charge is 1.99. The molecule has 3 nitrogen and oxygen atoms in total. The summed E-state index contributed by atoms with van der Waals surface area (Å²) < 4.78 is 0. The first-order valence-corrected chi connectivity index (χ1v) is 5.21. The van der Waals surface area contributed by atoms with Gasteiger partial charge in [0, 0.05) is 12.6 Å². The summed E-state index contributed by atoms with van der Waals surface area (Å²) in [5.41, 5.74) is 0. The first kappa shape index (κ1) is 11.2. The molecule has 0 fully saturated rings. The lowest BCUT2D eigenvalue weighted by molar-refractivity contribution is 0.606. The number of halogens is 1. The maximum atomic E-state index is 5.80. The zero-order valence-electron chi connectivity index (χ0n) is 8.84. The smallest absolute Gasteiger partial charge is 0.134 e. The van der Waals surface area contributed by atoms with E-state index < -0.39 is 0 Å². The number of anilines is 1. The molecule has 0 amide bonds. The van der Waals surface area contributed by atoms with Crippen molar-refractivity contribution in [3.05, 3.63) is 17.0 Å². The standard InChI is InChI=1S/C10H16ClN3/c1-7(2)4-5-12-10-6-9(11)13-8(3)14-10/h6-7H,4-5H2,1-3H3,(H,12,13,14). The van der Waals surface area contributed by atoms with Crippen LogP contribution < -0.4 is 5.32 Å². The summed E-state index contributed by atoms with van der Waals surface area (Å²) in [6.45, 7) is 7.14. The van der Waals surface area contributed by atoms with Crippen LogP contribution in [0.1, 0.15) is 26.1 Å². The molecule has 78 valence electrons. The molecule has 1 heterocycles. The van der Waals surface area contributed by atoms with Gasteiger partial charge in [-0.05, 0) is 19.3 Å². The summed E-state index contributed by atoms with van der Waals surface area (Å²) in [5.74, 6) is 2.20. The predicted octanol–water partition coefficient (Wildman–Crippen LogP) is 2.90. The van der Waals surface area contributed by atoms with Crippen molar-refractivity contribution < 1.29 is 0 Å². The minimum absolute atomic E-state index is 0.490. The molecular weight excluding hydrogens is 198 g/mol. The molecule has 0 aromatic carbocycles. The van der Waals surface area contributed by atoms with Crippen molar-refractivity contribution in [2.45, 2.75) is 27.2 Å². The maximum absolute atomic E-state index is 5.80. The minimum atomic E-state index is 0.490. The molecule has 0 aliphatic heterocycles. The second kappa shape index (κ2) is 5.15. The number of hydrogen-bond acceptors (Lipinski definition) is 3. The van der Waals surface area contributed by atoms with Crippen molar-refractivity contribution in [2.24, 2.45) is 5.92 Å². The van der Waals surface area contributed by atoms with Crippen LogP contribution in [0.2, 0.25) is 5.15 Å². The third-order valence-corrected chi connectivity index (χ3v) is 2.03. The van der Waals surface area contributed by atoms with E-state index in [1.807, 2.05) is 6.92 Å². The van der Waals surface area contributed by atoms with Gasteiger partial charge in [-0.2, -0.15) is 0 Å². The third kappa shape index (κ3) is 3.92. The lowest BCUT2D eigenvalue weighted by atomic mass is 10.1. The highest BCUT2D eigenvalue weighted by Crippen LogP contribution is 2.11. The maximum Gasteiger partial charge on any atom is 0.134 e. The first-order valence-electron chi connectivity index (χ1n) is 4.83. The van der Waals surface area contributed by atoms with E-state index in [4.69, 9.17) is 11.6 Å². The second-order valence-electron chi connectivity index (χ2n) is 3.73. The summed E-state index contributed by atoms with van der Waals surface area (Å²) in [6, 6.07) is 1.74. The van der Waals surface area contributed by atoms with Gasteiger partial charge >= 0.3 is 0 Å². The average Bonchev–Trinajstić information content (AvgIpc) is 2.01. The fraction of sp³-hybridized carbons (Fsp3) is 0.600. The molecule has 0 aliphatic carbocycles. The summed E-state index contributed by atoms with van der Waals surface area (Å²) in [6.07, 6.45) is 1.13. The van der Waals surface area contributed by atoms with Crippen molar-refractivity contribution in [3.63, 3.8) is 0 Å². The largest absolute Gasteiger partial charge is 0.370 e. The molecule has 1 aromatic rings. The van der Waals surface area contributed by atoms with Crippen molar-refractivity contribution in [1.29, 1.82) is 0 Å². The Hall–Kier alpha value is -0.830. The van der Waals surface area contributed by atoms with E-state index >= 15 is 0 Å². The molecule has 1 rings (SSSR count). The van der Waals surface area contributed by atoms with Crippen LogP contribution in [-0.4, -0.2) is 16.5 Å². The van der Waals surface area contributed by atoms with Gasteiger partial charge in [0.1, 0.15) is 16.8 Å². The number of aromatic nitrogens is 2. The van der Waals surface area contributed by atoms with E-state index in [-0.39, 0.29) is 0 Å². The fourth-order valence-electron chi connectivity index (χ4n) is 1.11.